The molecule has 1 saturated carbocycles. The molecule has 0 spiro atoms. The number of hydrogen-bond donors (Lipinski definition) is 2. The van der Waals surface area contributed by atoms with Crippen LogP contribution in [0.2, 0.25) is 0 Å². The van der Waals surface area contributed by atoms with Crippen molar-refractivity contribution in [2.24, 2.45) is 5.92 Å². The molecule has 1 aromatic rings. The van der Waals surface area contributed by atoms with Crippen LogP contribution in [-0.2, 0) is 4.79 Å². The Morgan fingerprint density at radius 2 is 1.91 bits per heavy atom. The number of amides is 3. The molecular formula is C16H21N3O2S. The van der Waals surface area contributed by atoms with E-state index in [2.05, 4.69) is 10.6 Å². The maximum absolute atomic E-state index is 12.3. The molecule has 6 heteroatoms. The van der Waals surface area contributed by atoms with Crippen LogP contribution in [-0.4, -0.2) is 41.4 Å². The van der Waals surface area contributed by atoms with Crippen LogP contribution in [0.4, 0.5) is 16.2 Å². The molecule has 1 aromatic carbocycles. The molecule has 118 valence electrons. The number of nitrogens with zero attached hydrogens (tertiary/aromatic N) is 1. The van der Waals surface area contributed by atoms with Crippen LogP contribution >= 0.6 is 11.8 Å². The zero-order valence-electron chi connectivity index (χ0n) is 12.7. The Morgan fingerprint density at radius 1 is 1.18 bits per heavy atom. The summed E-state index contributed by atoms with van der Waals surface area (Å²) in [5, 5.41) is 5.88. The van der Waals surface area contributed by atoms with Gasteiger partial charge in [-0.25, -0.2) is 4.79 Å². The summed E-state index contributed by atoms with van der Waals surface area (Å²) in [6.45, 7) is 3.52. The lowest BCUT2D eigenvalue weighted by atomic mass is 10.1. The molecule has 2 fully saturated rings. The van der Waals surface area contributed by atoms with Crippen LogP contribution in [0.25, 0.3) is 0 Å². The second-order valence-corrected chi connectivity index (χ2v) is 7.05. The highest BCUT2D eigenvalue weighted by Gasteiger charge is 2.29. The number of urea groups is 1. The van der Waals surface area contributed by atoms with Gasteiger partial charge in [0.05, 0.1) is 0 Å². The molecular weight excluding hydrogens is 298 g/mol. The number of carbonyl (C=O) groups is 2. The number of thioether (sulfide) groups is 1. The van der Waals surface area contributed by atoms with Gasteiger partial charge >= 0.3 is 6.03 Å². The van der Waals surface area contributed by atoms with Crippen LogP contribution in [0.3, 0.4) is 0 Å². The average molecular weight is 319 g/mol. The first-order valence-electron chi connectivity index (χ1n) is 7.68. The first kappa shape index (κ1) is 15.2. The fourth-order valence-electron chi connectivity index (χ4n) is 2.38. The summed E-state index contributed by atoms with van der Waals surface area (Å²) in [4.78, 5) is 26.0. The van der Waals surface area contributed by atoms with Crippen LogP contribution < -0.4 is 10.6 Å². The Morgan fingerprint density at radius 3 is 2.59 bits per heavy atom. The summed E-state index contributed by atoms with van der Waals surface area (Å²) < 4.78 is 0. The number of nitrogens with one attached hydrogen (secondary N) is 2. The molecule has 1 aliphatic heterocycles. The normalized spacial score (nSPS) is 18.0. The Labute approximate surface area is 134 Å². The predicted octanol–water partition coefficient (Wildman–Crippen LogP) is 2.92. The molecule has 1 heterocycles. The summed E-state index contributed by atoms with van der Waals surface area (Å²) in [5.41, 5.74) is 2.49. The second kappa shape index (κ2) is 6.60. The lowest BCUT2D eigenvalue weighted by Crippen LogP contribution is -2.40. The molecule has 1 saturated heterocycles. The van der Waals surface area contributed by atoms with Crippen molar-refractivity contribution in [3.05, 3.63) is 23.8 Å². The lowest BCUT2D eigenvalue weighted by molar-refractivity contribution is -0.117. The smallest absolute Gasteiger partial charge is 0.321 e. The highest BCUT2D eigenvalue weighted by Crippen LogP contribution is 2.30. The molecule has 0 atom stereocenters. The molecule has 0 bridgehead atoms. The van der Waals surface area contributed by atoms with E-state index in [9.17, 15) is 9.59 Å². The van der Waals surface area contributed by atoms with Gasteiger partial charge in [-0.05, 0) is 37.5 Å². The van der Waals surface area contributed by atoms with Gasteiger partial charge in [0.2, 0.25) is 5.91 Å². The number of carbonyl (C=O) groups excluding carboxylic acids is 2. The van der Waals surface area contributed by atoms with E-state index in [4.69, 9.17) is 0 Å². The first-order chi connectivity index (χ1) is 10.6. The van der Waals surface area contributed by atoms with Gasteiger partial charge in [0.15, 0.2) is 0 Å². The average Bonchev–Trinajstić information content (AvgIpc) is 3.36. The summed E-state index contributed by atoms with van der Waals surface area (Å²) in [6, 6.07) is 5.58. The molecule has 22 heavy (non-hydrogen) atoms. The van der Waals surface area contributed by atoms with Crippen molar-refractivity contribution in [2.45, 2.75) is 19.8 Å². The van der Waals surface area contributed by atoms with Crippen molar-refractivity contribution in [3.63, 3.8) is 0 Å². The van der Waals surface area contributed by atoms with E-state index < -0.39 is 0 Å². The third kappa shape index (κ3) is 3.74. The van der Waals surface area contributed by atoms with Gasteiger partial charge in [-0.1, -0.05) is 6.07 Å². The summed E-state index contributed by atoms with van der Waals surface area (Å²) in [7, 11) is 0. The Hall–Kier alpha value is -1.69. The number of hydrogen-bond acceptors (Lipinski definition) is 3. The maximum Gasteiger partial charge on any atom is 0.321 e. The van der Waals surface area contributed by atoms with Gasteiger partial charge < -0.3 is 15.5 Å². The molecule has 5 nitrogen and oxygen atoms in total. The van der Waals surface area contributed by atoms with Crippen LogP contribution in [0.1, 0.15) is 18.4 Å². The number of anilines is 2. The van der Waals surface area contributed by atoms with E-state index in [0.29, 0.717) is 0 Å². The summed E-state index contributed by atoms with van der Waals surface area (Å²) in [6.07, 6.45) is 1.96. The zero-order chi connectivity index (χ0) is 15.5. The highest BCUT2D eigenvalue weighted by molar-refractivity contribution is 7.99. The van der Waals surface area contributed by atoms with Gasteiger partial charge in [-0.3, -0.25) is 4.79 Å². The number of rotatable bonds is 3. The van der Waals surface area contributed by atoms with E-state index in [1.54, 1.807) is 0 Å². The number of aryl methyl sites for hydroxylation is 1. The second-order valence-electron chi connectivity index (χ2n) is 5.82. The molecule has 0 aromatic heterocycles. The minimum absolute atomic E-state index is 0.0610. The minimum atomic E-state index is -0.0610. The molecule has 0 unspecified atom stereocenters. The van der Waals surface area contributed by atoms with Crippen LogP contribution in [0, 0.1) is 12.8 Å². The van der Waals surface area contributed by atoms with Crippen molar-refractivity contribution in [1.29, 1.82) is 0 Å². The Balaban J connectivity index is 1.66. The molecule has 0 radical (unpaired) electrons. The summed E-state index contributed by atoms with van der Waals surface area (Å²) >= 11 is 1.87. The molecule has 3 rings (SSSR count). The first-order valence-corrected chi connectivity index (χ1v) is 8.84. The van der Waals surface area contributed by atoms with E-state index >= 15 is 0 Å². The van der Waals surface area contributed by atoms with Crippen molar-refractivity contribution in [2.75, 3.05) is 35.2 Å². The van der Waals surface area contributed by atoms with Crippen molar-refractivity contribution >= 4 is 35.1 Å². The SMILES string of the molecule is Cc1ccc(NC(=O)C2CC2)cc1NC(=O)N1CCSCC1. The van der Waals surface area contributed by atoms with Crippen LogP contribution in [0.15, 0.2) is 18.2 Å². The standard InChI is InChI=1S/C16H21N3O2S/c1-11-2-5-13(17-15(20)12-3-4-12)10-14(11)18-16(21)19-6-8-22-9-7-19/h2,5,10,12H,3-4,6-9H2,1H3,(H,17,20)(H,18,21). The number of benzene rings is 1. The fraction of sp³-hybridized carbons (Fsp3) is 0.500. The predicted molar refractivity (Wildman–Crippen MR) is 90.4 cm³/mol. The summed E-state index contributed by atoms with van der Waals surface area (Å²) in [5.74, 6) is 2.23. The third-order valence-electron chi connectivity index (χ3n) is 3.99. The molecule has 2 aliphatic rings. The minimum Gasteiger partial charge on any atom is -0.326 e. The Bertz CT molecular complexity index is 581. The van der Waals surface area contributed by atoms with Gasteiger partial charge in [0, 0.05) is 41.9 Å². The third-order valence-corrected chi connectivity index (χ3v) is 4.94. The largest absolute Gasteiger partial charge is 0.326 e. The molecule has 1 aliphatic carbocycles. The quantitative estimate of drug-likeness (QED) is 0.900. The topological polar surface area (TPSA) is 61.4 Å². The van der Waals surface area contributed by atoms with Crippen molar-refractivity contribution in [3.8, 4) is 0 Å². The lowest BCUT2D eigenvalue weighted by Gasteiger charge is -2.27. The zero-order valence-corrected chi connectivity index (χ0v) is 13.5. The van der Waals surface area contributed by atoms with E-state index in [-0.39, 0.29) is 17.9 Å². The maximum atomic E-state index is 12.3. The van der Waals surface area contributed by atoms with Crippen molar-refractivity contribution < 1.29 is 9.59 Å². The van der Waals surface area contributed by atoms with Gasteiger partial charge in [0.1, 0.15) is 0 Å². The van der Waals surface area contributed by atoms with Crippen molar-refractivity contribution in [1.82, 2.24) is 4.90 Å². The van der Waals surface area contributed by atoms with E-state index in [1.165, 1.54) is 0 Å². The van der Waals surface area contributed by atoms with E-state index in [1.807, 2.05) is 41.8 Å². The Kier molecular flexibility index (Phi) is 4.57. The van der Waals surface area contributed by atoms with Gasteiger partial charge in [-0.15, -0.1) is 0 Å². The fourth-order valence-corrected chi connectivity index (χ4v) is 3.29. The van der Waals surface area contributed by atoms with Gasteiger partial charge in [-0.2, -0.15) is 11.8 Å². The van der Waals surface area contributed by atoms with Crippen LogP contribution in [0.5, 0.6) is 0 Å². The highest BCUT2D eigenvalue weighted by atomic mass is 32.2. The van der Waals surface area contributed by atoms with Gasteiger partial charge in [0.25, 0.3) is 0 Å². The van der Waals surface area contributed by atoms with E-state index in [0.717, 1.165) is 54.4 Å². The molecule has 2 N–H and O–H groups in total. The molecule has 3 amide bonds. The monoisotopic (exact) mass is 319 g/mol.